The molecule has 21 rings (SSSR count). The highest BCUT2D eigenvalue weighted by Crippen LogP contribution is 2.39. The van der Waals surface area contributed by atoms with E-state index in [0.717, 1.165) is 6.42 Å². The van der Waals surface area contributed by atoms with Crippen LogP contribution in [-0.4, -0.2) is 380 Å². The number of aliphatic hydroxyl groups excluding tert-OH is 22. The van der Waals surface area contributed by atoms with Gasteiger partial charge in [-0.05, 0) is 13.3 Å². The van der Waals surface area contributed by atoms with E-state index in [2.05, 4.69) is 0 Å². The van der Waals surface area contributed by atoms with Crippen LogP contribution in [0.4, 0.5) is 0 Å². The predicted molar refractivity (Wildman–Crippen MR) is 250 cm³/mol. The largest absolute Gasteiger partial charge is 0.394 e. The van der Waals surface area contributed by atoms with Gasteiger partial charge in [-0.2, -0.15) is 0 Å². The minimum atomic E-state index is -2.21. The molecule has 14 bridgehead atoms. The Bertz CT molecular complexity index is 1540. The second-order valence-corrected chi connectivity index (χ2v) is 20.9. The van der Waals surface area contributed by atoms with Crippen LogP contribution < -0.4 is 0 Å². The molecule has 0 amide bonds. The van der Waals surface area contributed by atoms with Crippen LogP contribution in [0.15, 0.2) is 0 Å². The molecule has 3 unspecified atom stereocenters. The van der Waals surface area contributed by atoms with E-state index in [1.54, 1.807) is 6.92 Å². The molecular formula is C46H80O36. The Labute approximate surface area is 465 Å². The molecule has 36 heteroatoms. The molecule has 21 aliphatic rings. The van der Waals surface area contributed by atoms with Crippen molar-refractivity contribution < 1.29 is 179 Å². The molecule has 21 fully saturated rings. The summed E-state index contributed by atoms with van der Waals surface area (Å²) in [6.45, 7) is -3.60. The van der Waals surface area contributed by atoms with E-state index in [4.69, 9.17) is 71.4 Å². The highest BCUT2D eigenvalue weighted by atomic mass is 16.8. The van der Waals surface area contributed by atoms with Gasteiger partial charge < -0.3 is 179 Å². The zero-order valence-corrected chi connectivity index (χ0v) is 44.0. The van der Waals surface area contributed by atoms with Crippen molar-refractivity contribution in [3.05, 3.63) is 0 Å². The fourth-order valence-electron chi connectivity index (χ4n) is 10.4. The number of aliphatic hydroxyl groups is 22. The maximum atomic E-state index is 11.3. The topological polar surface area (TPSA) is 574 Å². The van der Waals surface area contributed by atoms with Crippen molar-refractivity contribution in [2.45, 2.75) is 241 Å². The molecule has 0 radical (unpaired) electrons. The van der Waals surface area contributed by atoms with E-state index in [0.29, 0.717) is 0 Å². The van der Waals surface area contributed by atoms with Crippen molar-refractivity contribution in [1.29, 1.82) is 0 Å². The highest BCUT2D eigenvalue weighted by Gasteiger charge is 2.59. The minimum absolute atomic E-state index is 0.116. The van der Waals surface area contributed by atoms with Gasteiger partial charge >= 0.3 is 0 Å². The summed E-state index contributed by atoms with van der Waals surface area (Å²) in [7, 11) is 0. The van der Waals surface area contributed by atoms with Gasteiger partial charge in [0.05, 0.1) is 52.4 Å². The molecule has 0 saturated carbocycles. The Balaban J connectivity index is 0.00000185. The lowest BCUT2D eigenvalue weighted by atomic mass is 9.95. The maximum absolute atomic E-state index is 11.3. The molecule has 82 heavy (non-hydrogen) atoms. The van der Waals surface area contributed by atoms with Crippen LogP contribution in [-0.2, 0) is 66.3 Å². The van der Waals surface area contributed by atoms with Gasteiger partial charge in [0, 0.05) is 0 Å². The Morgan fingerprint density at radius 2 is 0.341 bits per heavy atom. The molecule has 22 N–H and O–H groups in total. The lowest BCUT2D eigenvalue weighted by Crippen LogP contribution is -2.68. The molecular weight excluding hydrogens is 1130 g/mol. The van der Waals surface area contributed by atoms with Crippen molar-refractivity contribution >= 4 is 0 Å². The first-order valence-electron chi connectivity index (χ1n) is 26.6. The second-order valence-electron chi connectivity index (χ2n) is 20.9. The summed E-state index contributed by atoms with van der Waals surface area (Å²) in [5.74, 6) is 0. The summed E-state index contributed by atoms with van der Waals surface area (Å²) in [4.78, 5) is 0. The average Bonchev–Trinajstić information content (AvgIpc) is 3.01. The van der Waals surface area contributed by atoms with E-state index in [-0.39, 0.29) is 6.10 Å². The van der Waals surface area contributed by atoms with Crippen molar-refractivity contribution in [2.24, 2.45) is 0 Å². The summed E-state index contributed by atoms with van der Waals surface area (Å²) in [6, 6.07) is 0. The summed E-state index contributed by atoms with van der Waals surface area (Å²) in [5, 5.41) is 239. The Morgan fingerprint density at radius 1 is 0.232 bits per heavy atom. The summed E-state index contributed by atoms with van der Waals surface area (Å²) < 4.78 is 79.5. The number of hydrogen-bond donors (Lipinski definition) is 22. The Morgan fingerprint density at radius 3 is 0.427 bits per heavy atom. The SMILES string of the molecule is CCC(C)O.OC[C@H]1O[C@@H]2O[C@H]3C(O)[C@@H](O)[C@H](O[C@H]4[C@H](O)[C@@H](O)[C@@H](O[C@H]5[C@H](O)[C@@H](O)[C@H](O[C@@H]5CO)O[C@H]5C(O)[C@@H](O)[C@@H](O[C@H]6[C@H](O)[C@@H](O)[C@@H](O[C@H]7[C@H](O)[C@@H](O)[C@@H](O[C@H]1[C@H](O)[C@H]2O)O[C@@H]7CO)O[C@@H]6CO)O[C@@H]5CO)O[C@@H]4CO)O[C@@H]3CO. The van der Waals surface area contributed by atoms with Crippen LogP contribution in [0.1, 0.15) is 20.3 Å². The first kappa shape index (κ1) is 68.1. The standard InChI is InChI=1S/C42H70O35.C4H10O/c43-1-8-29-15(50)22(57)36(64-8)72-30-9(2-44)66-38(24(59)17(30)52)74-32-11(4-46)68-40(26(61)19(32)54)76-34-13(6-48)70-42(28(63)21(34)56)77-35-14(7-49)69-41(27(62)20(35)55)75-33-12(5-47)67-39(25(60)18(33)53)73-31-10(3-45)65-37(71-29)23(58)16(31)51;1-3-4(2)5/h8-63H,1-7H2;4-5H,3H2,1-2H3/t8-,9-,10-,11-,12-,13-,14-,15-,16-,17-,18?,19?,20-,21-,22-,23-,24-,25-,26-,27-,28-,29-,30-,31-,32-,33-,34-,35-,36-,37-,38-,39-,40+,41-,42-;/m1./s1. The van der Waals surface area contributed by atoms with Crippen LogP contribution >= 0.6 is 0 Å². The van der Waals surface area contributed by atoms with Gasteiger partial charge in [-0.25, -0.2) is 0 Å². The molecule has 0 spiro atoms. The van der Waals surface area contributed by atoms with Crippen LogP contribution in [0.2, 0.25) is 0 Å². The molecule has 21 aliphatic heterocycles. The second kappa shape index (κ2) is 29.7. The first-order valence-corrected chi connectivity index (χ1v) is 26.6. The summed E-state index contributed by atoms with van der Waals surface area (Å²) >= 11 is 0. The third kappa shape index (κ3) is 14.2. The third-order valence-corrected chi connectivity index (χ3v) is 15.4. The van der Waals surface area contributed by atoms with E-state index in [9.17, 15) is 107 Å². The van der Waals surface area contributed by atoms with Crippen LogP contribution in [0.25, 0.3) is 0 Å². The average molecular weight is 1210 g/mol. The third-order valence-electron chi connectivity index (χ3n) is 15.4. The zero-order valence-electron chi connectivity index (χ0n) is 44.0. The van der Waals surface area contributed by atoms with Gasteiger partial charge in [-0.15, -0.1) is 0 Å². The number of hydrogen-bond acceptors (Lipinski definition) is 36. The maximum Gasteiger partial charge on any atom is 0.187 e. The van der Waals surface area contributed by atoms with Crippen LogP contribution in [0.5, 0.6) is 0 Å². The highest BCUT2D eigenvalue weighted by molar-refractivity contribution is 5.01. The predicted octanol–water partition coefficient (Wildman–Crippen LogP) is -14.5. The molecule has 480 valence electrons. The molecule has 0 aromatic heterocycles. The van der Waals surface area contributed by atoms with E-state index in [1.807, 2.05) is 6.92 Å². The van der Waals surface area contributed by atoms with Gasteiger partial charge in [-0.1, -0.05) is 6.92 Å². The Kier molecular flexibility index (Phi) is 24.7. The van der Waals surface area contributed by atoms with E-state index >= 15 is 0 Å². The minimum Gasteiger partial charge on any atom is -0.394 e. The van der Waals surface area contributed by atoms with Gasteiger partial charge in [0.1, 0.15) is 171 Å². The van der Waals surface area contributed by atoms with Crippen LogP contribution in [0, 0.1) is 0 Å². The molecule has 21 saturated heterocycles. The summed E-state index contributed by atoms with van der Waals surface area (Å²) in [6.07, 6.45) is -69.5. The van der Waals surface area contributed by atoms with E-state index < -0.39 is 261 Å². The van der Waals surface area contributed by atoms with Gasteiger partial charge in [0.25, 0.3) is 0 Å². The lowest BCUT2D eigenvalue weighted by Gasteiger charge is -2.50. The van der Waals surface area contributed by atoms with Gasteiger partial charge in [0.15, 0.2) is 44.0 Å². The fraction of sp³-hybridized carbons (Fsp3) is 1.00. The molecule has 0 aliphatic carbocycles. The monoisotopic (exact) mass is 1210 g/mol. The zero-order chi connectivity index (χ0) is 60.3. The smallest absolute Gasteiger partial charge is 0.187 e. The number of ether oxygens (including phenoxy) is 14. The molecule has 21 heterocycles. The first-order chi connectivity index (χ1) is 38.9. The van der Waals surface area contributed by atoms with Crippen molar-refractivity contribution in [1.82, 2.24) is 0 Å². The Hall–Kier alpha value is -1.44. The number of rotatable bonds is 8. The fourth-order valence-corrected chi connectivity index (χ4v) is 10.4. The van der Waals surface area contributed by atoms with Crippen LogP contribution in [0.3, 0.4) is 0 Å². The van der Waals surface area contributed by atoms with Crippen molar-refractivity contribution in [2.75, 3.05) is 46.2 Å². The normalized spacial score (nSPS) is 52.9. The van der Waals surface area contributed by atoms with Crippen molar-refractivity contribution in [3.8, 4) is 0 Å². The van der Waals surface area contributed by atoms with Crippen molar-refractivity contribution in [3.63, 3.8) is 0 Å². The lowest BCUT2D eigenvalue weighted by molar-refractivity contribution is -0.396. The summed E-state index contributed by atoms with van der Waals surface area (Å²) in [5.41, 5.74) is 0. The molecule has 36 nitrogen and oxygen atoms in total. The van der Waals surface area contributed by atoms with Gasteiger partial charge in [0.2, 0.25) is 0 Å². The molecule has 0 aromatic carbocycles. The molecule has 36 atom stereocenters. The van der Waals surface area contributed by atoms with E-state index in [1.165, 1.54) is 0 Å². The van der Waals surface area contributed by atoms with Gasteiger partial charge in [-0.3, -0.25) is 0 Å². The quantitative estimate of drug-likeness (QED) is 0.107. The molecule has 0 aromatic rings.